The van der Waals surface area contributed by atoms with Crippen molar-refractivity contribution in [2.75, 3.05) is 0 Å². The van der Waals surface area contributed by atoms with Gasteiger partial charge in [-0.1, -0.05) is 25.7 Å². The zero-order valence-corrected chi connectivity index (χ0v) is 14.4. The summed E-state index contributed by atoms with van der Waals surface area (Å²) in [5.41, 5.74) is 2.67. The second-order valence-electron chi connectivity index (χ2n) is 6.72. The topological polar surface area (TPSA) is 72.4 Å². The smallest absolute Gasteiger partial charge is 0.270 e. The Hall–Kier alpha value is -2.63. The van der Waals surface area contributed by atoms with E-state index in [0.717, 1.165) is 18.5 Å². The van der Waals surface area contributed by atoms with E-state index in [0.29, 0.717) is 22.8 Å². The lowest BCUT2D eigenvalue weighted by molar-refractivity contribution is 0.0928. The molecule has 4 rings (SSSR count). The molecule has 1 saturated carbocycles. The number of aryl methyl sites for hydroxylation is 1. The molecular weight excluding hydrogens is 316 g/mol. The van der Waals surface area contributed by atoms with Crippen molar-refractivity contribution in [1.29, 1.82) is 0 Å². The molecule has 0 unspecified atom stereocenters. The maximum atomic E-state index is 12.6. The predicted octanol–water partition coefficient (Wildman–Crippen LogP) is 3.75. The summed E-state index contributed by atoms with van der Waals surface area (Å²) in [5, 5.41) is 7.66. The first-order valence-electron chi connectivity index (χ1n) is 8.93. The number of rotatable bonds is 3. The summed E-state index contributed by atoms with van der Waals surface area (Å²) in [4.78, 5) is 17.1. The summed E-state index contributed by atoms with van der Waals surface area (Å²) in [6, 6.07) is 7.57. The fourth-order valence-corrected chi connectivity index (χ4v) is 3.47. The van der Waals surface area contributed by atoms with Gasteiger partial charge in [-0.2, -0.15) is 5.10 Å². The number of nitrogens with one attached hydrogen (secondary N) is 1. The lowest BCUT2D eigenvalue weighted by Crippen LogP contribution is -2.35. The van der Waals surface area contributed by atoms with Crippen LogP contribution in [0.15, 0.2) is 34.9 Å². The van der Waals surface area contributed by atoms with Gasteiger partial charge in [-0.3, -0.25) is 4.79 Å². The van der Waals surface area contributed by atoms with Crippen molar-refractivity contribution in [3.05, 3.63) is 41.9 Å². The highest BCUT2D eigenvalue weighted by atomic mass is 16.3. The summed E-state index contributed by atoms with van der Waals surface area (Å²) < 4.78 is 7.13. The largest absolute Gasteiger partial charge is 0.463 e. The van der Waals surface area contributed by atoms with Crippen LogP contribution in [0.25, 0.3) is 17.1 Å². The summed E-state index contributed by atoms with van der Waals surface area (Å²) in [6.45, 7) is 1.93. The Morgan fingerprint density at radius 1 is 1.24 bits per heavy atom. The number of furan rings is 1. The fraction of sp³-hybridized carbons (Fsp3) is 0.421. The molecule has 3 aromatic heterocycles. The average molecular weight is 338 g/mol. The van der Waals surface area contributed by atoms with E-state index in [-0.39, 0.29) is 11.9 Å². The van der Waals surface area contributed by atoms with Crippen molar-refractivity contribution in [3.63, 3.8) is 0 Å². The molecule has 6 nitrogen and oxygen atoms in total. The van der Waals surface area contributed by atoms with Crippen LogP contribution < -0.4 is 5.32 Å². The minimum Gasteiger partial charge on any atom is -0.463 e. The van der Waals surface area contributed by atoms with Crippen molar-refractivity contribution < 1.29 is 9.21 Å². The minimum absolute atomic E-state index is 0.0988. The maximum Gasteiger partial charge on any atom is 0.270 e. The van der Waals surface area contributed by atoms with Gasteiger partial charge in [-0.25, -0.2) is 9.50 Å². The normalized spacial score (nSPS) is 16.0. The molecule has 0 aliphatic heterocycles. The molecule has 3 aromatic rings. The van der Waals surface area contributed by atoms with Gasteiger partial charge in [0.1, 0.15) is 11.4 Å². The number of fused-ring (bicyclic) bond motifs is 1. The van der Waals surface area contributed by atoms with Crippen LogP contribution in [0.3, 0.4) is 0 Å². The van der Waals surface area contributed by atoms with E-state index < -0.39 is 0 Å². The summed E-state index contributed by atoms with van der Waals surface area (Å²) >= 11 is 0. The van der Waals surface area contributed by atoms with Crippen molar-refractivity contribution in [2.45, 2.75) is 51.5 Å². The predicted molar refractivity (Wildman–Crippen MR) is 94.4 cm³/mol. The van der Waals surface area contributed by atoms with Crippen LogP contribution in [0, 0.1) is 6.92 Å². The monoisotopic (exact) mass is 338 g/mol. The molecule has 3 heterocycles. The number of nitrogens with zero attached hydrogens (tertiary/aromatic N) is 3. The molecule has 0 spiro atoms. The standard InChI is InChI=1S/C19H22N4O2/c1-13-11-16(19(24)20-14-7-4-2-3-5-8-14)21-18-12-15(22-23(13)18)17-9-6-10-25-17/h6,9-12,14H,2-5,7-8H2,1H3,(H,20,24). The fourth-order valence-electron chi connectivity index (χ4n) is 3.47. The third-order valence-corrected chi connectivity index (χ3v) is 4.80. The lowest BCUT2D eigenvalue weighted by atomic mass is 10.1. The van der Waals surface area contributed by atoms with Crippen molar-refractivity contribution >= 4 is 11.6 Å². The molecule has 25 heavy (non-hydrogen) atoms. The summed E-state index contributed by atoms with van der Waals surface area (Å²) in [5.74, 6) is 0.590. The molecule has 0 atom stereocenters. The first kappa shape index (κ1) is 15.9. The highest BCUT2D eigenvalue weighted by Crippen LogP contribution is 2.21. The minimum atomic E-state index is -0.0988. The highest BCUT2D eigenvalue weighted by Gasteiger charge is 2.18. The van der Waals surface area contributed by atoms with E-state index in [1.165, 1.54) is 25.7 Å². The van der Waals surface area contributed by atoms with Gasteiger partial charge in [0.25, 0.3) is 5.91 Å². The Morgan fingerprint density at radius 2 is 2.04 bits per heavy atom. The van der Waals surface area contributed by atoms with E-state index in [1.54, 1.807) is 16.8 Å². The molecule has 130 valence electrons. The second-order valence-corrected chi connectivity index (χ2v) is 6.72. The molecule has 1 aliphatic carbocycles. The first-order chi connectivity index (χ1) is 12.2. The van der Waals surface area contributed by atoms with Gasteiger partial charge in [0.15, 0.2) is 11.4 Å². The van der Waals surface area contributed by atoms with E-state index in [2.05, 4.69) is 15.4 Å². The van der Waals surface area contributed by atoms with Gasteiger partial charge in [0.2, 0.25) is 0 Å². The van der Waals surface area contributed by atoms with Crippen molar-refractivity contribution in [3.8, 4) is 11.5 Å². The van der Waals surface area contributed by atoms with Crippen LogP contribution in [0.4, 0.5) is 0 Å². The van der Waals surface area contributed by atoms with Crippen LogP contribution in [-0.4, -0.2) is 26.5 Å². The number of aromatic nitrogens is 3. The third-order valence-electron chi connectivity index (χ3n) is 4.80. The molecule has 6 heteroatoms. The summed E-state index contributed by atoms with van der Waals surface area (Å²) in [6.07, 6.45) is 8.63. The number of hydrogen-bond donors (Lipinski definition) is 1. The zero-order chi connectivity index (χ0) is 17.2. The van der Waals surface area contributed by atoms with Gasteiger partial charge in [-0.15, -0.1) is 0 Å². The Labute approximate surface area is 146 Å². The lowest BCUT2D eigenvalue weighted by Gasteiger charge is -2.16. The molecule has 0 saturated heterocycles. The SMILES string of the molecule is Cc1cc(C(=O)NC2CCCCCC2)nc2cc(-c3ccco3)nn12. The van der Waals surface area contributed by atoms with Crippen LogP contribution in [0.5, 0.6) is 0 Å². The van der Waals surface area contributed by atoms with Gasteiger partial charge >= 0.3 is 0 Å². The van der Waals surface area contributed by atoms with Gasteiger partial charge in [0, 0.05) is 17.8 Å². The molecule has 1 aliphatic rings. The molecule has 0 radical (unpaired) electrons. The number of carbonyl (C=O) groups is 1. The second kappa shape index (κ2) is 6.70. The van der Waals surface area contributed by atoms with Crippen molar-refractivity contribution in [1.82, 2.24) is 19.9 Å². The van der Waals surface area contributed by atoms with E-state index in [9.17, 15) is 4.79 Å². The van der Waals surface area contributed by atoms with Crippen LogP contribution in [-0.2, 0) is 0 Å². The van der Waals surface area contributed by atoms with E-state index in [4.69, 9.17) is 4.42 Å². The van der Waals surface area contributed by atoms with Crippen molar-refractivity contribution in [2.24, 2.45) is 0 Å². The van der Waals surface area contributed by atoms with E-state index in [1.807, 2.05) is 25.1 Å². The summed E-state index contributed by atoms with van der Waals surface area (Å²) in [7, 11) is 0. The van der Waals surface area contributed by atoms with Crippen LogP contribution in [0.1, 0.15) is 54.7 Å². The third kappa shape index (κ3) is 3.29. The zero-order valence-electron chi connectivity index (χ0n) is 14.4. The molecular formula is C19H22N4O2. The molecule has 1 N–H and O–H groups in total. The molecule has 1 fully saturated rings. The number of amides is 1. The molecule has 0 bridgehead atoms. The quantitative estimate of drug-likeness (QED) is 0.738. The Bertz CT molecular complexity index is 874. The maximum absolute atomic E-state index is 12.6. The van der Waals surface area contributed by atoms with Gasteiger partial charge < -0.3 is 9.73 Å². The van der Waals surface area contributed by atoms with Gasteiger partial charge in [0.05, 0.1) is 6.26 Å². The van der Waals surface area contributed by atoms with Gasteiger partial charge in [-0.05, 0) is 38.0 Å². The first-order valence-corrected chi connectivity index (χ1v) is 8.93. The molecule has 0 aromatic carbocycles. The Balaban J connectivity index is 1.60. The van der Waals surface area contributed by atoms with E-state index >= 15 is 0 Å². The number of carbonyl (C=O) groups excluding carboxylic acids is 1. The number of hydrogen-bond acceptors (Lipinski definition) is 4. The Morgan fingerprint density at radius 3 is 2.76 bits per heavy atom. The van der Waals surface area contributed by atoms with Crippen LogP contribution in [0.2, 0.25) is 0 Å². The van der Waals surface area contributed by atoms with Crippen LogP contribution >= 0.6 is 0 Å². The Kier molecular flexibility index (Phi) is 4.26. The average Bonchev–Trinajstić information content (AvgIpc) is 3.20. The molecule has 1 amide bonds. The highest BCUT2D eigenvalue weighted by molar-refractivity contribution is 5.93.